The average Bonchev–Trinajstić information content (AvgIpc) is 2.81. The predicted molar refractivity (Wildman–Crippen MR) is 136 cm³/mol. The van der Waals surface area contributed by atoms with E-state index in [-0.39, 0.29) is 11.1 Å². The maximum absolute atomic E-state index is 7.04. The molecule has 0 spiro atoms. The highest BCUT2D eigenvalue weighted by Gasteiger charge is 2.50. The molecule has 0 bridgehead atoms. The molecule has 0 unspecified atom stereocenters. The van der Waals surface area contributed by atoms with Gasteiger partial charge in [0.2, 0.25) is 0 Å². The van der Waals surface area contributed by atoms with Gasteiger partial charge in [-0.05, 0) is 52.7 Å². The predicted octanol–water partition coefficient (Wildman–Crippen LogP) is 5.60. The minimum absolute atomic E-state index is 0.0442. The zero-order valence-electron chi connectivity index (χ0n) is 19.7. The smallest absolute Gasteiger partial charge is 0.261 e. The summed E-state index contributed by atoms with van der Waals surface area (Å²) >= 11 is 0. The highest BCUT2D eigenvalue weighted by Crippen LogP contribution is 2.37. The van der Waals surface area contributed by atoms with E-state index in [0.717, 1.165) is 11.5 Å². The van der Waals surface area contributed by atoms with E-state index in [1.165, 1.54) is 10.4 Å². The second-order valence-corrected chi connectivity index (χ2v) is 13.2. The van der Waals surface area contributed by atoms with E-state index in [1.54, 1.807) is 7.11 Å². The number of hydrogen-bond donors (Lipinski definition) is 0. The van der Waals surface area contributed by atoms with Crippen molar-refractivity contribution < 1.29 is 13.9 Å². The van der Waals surface area contributed by atoms with Gasteiger partial charge in [0.25, 0.3) is 8.32 Å². The van der Waals surface area contributed by atoms with Gasteiger partial charge in [0.1, 0.15) is 18.1 Å². The van der Waals surface area contributed by atoms with Crippen LogP contribution in [0.5, 0.6) is 11.5 Å². The molecule has 3 nitrogen and oxygen atoms in total. The summed E-state index contributed by atoms with van der Waals surface area (Å²) in [4.78, 5) is 0. The molecule has 0 aliphatic heterocycles. The topological polar surface area (TPSA) is 27.7 Å². The van der Waals surface area contributed by atoms with Gasteiger partial charge in [0.15, 0.2) is 0 Å². The maximum atomic E-state index is 7.04. The first-order valence-corrected chi connectivity index (χ1v) is 13.0. The van der Waals surface area contributed by atoms with Crippen LogP contribution in [-0.4, -0.2) is 28.1 Å². The fourth-order valence-electron chi connectivity index (χ4n) is 4.07. The summed E-state index contributed by atoms with van der Waals surface area (Å²) in [6, 6.07) is 29.0. The van der Waals surface area contributed by atoms with Crippen LogP contribution in [0.4, 0.5) is 0 Å². The number of ether oxygens (including phenoxy) is 2. The lowest BCUT2D eigenvalue weighted by Gasteiger charge is -2.44. The van der Waals surface area contributed by atoms with E-state index in [1.807, 2.05) is 30.3 Å². The third-order valence-corrected chi connectivity index (χ3v) is 10.7. The molecule has 0 radical (unpaired) electrons. The maximum Gasteiger partial charge on any atom is 0.261 e. The molecule has 1 atom stereocenters. The highest BCUT2D eigenvalue weighted by molar-refractivity contribution is 6.99. The Morgan fingerprint density at radius 1 is 0.781 bits per heavy atom. The summed E-state index contributed by atoms with van der Waals surface area (Å²) in [6.45, 7) is 9.48. The monoisotopic (exact) mass is 446 g/mol. The van der Waals surface area contributed by atoms with Crippen molar-refractivity contribution in [3.63, 3.8) is 0 Å². The van der Waals surface area contributed by atoms with Crippen LogP contribution in [0.25, 0.3) is 0 Å². The molecule has 0 aromatic heterocycles. The second kappa shape index (κ2) is 10.7. The minimum Gasteiger partial charge on any atom is -0.497 e. The molecule has 3 aromatic carbocycles. The molecule has 0 saturated carbocycles. The normalized spacial score (nSPS) is 13.2. The molecule has 0 saturated heterocycles. The van der Waals surface area contributed by atoms with Crippen LogP contribution < -0.4 is 19.8 Å². The SMILES string of the molecule is COc1ccc(OC/C=C/[C@H](C)O[Si](c2ccccc2)(c2ccccc2)C(C)(C)C)cc1. The largest absolute Gasteiger partial charge is 0.497 e. The summed E-state index contributed by atoms with van der Waals surface area (Å²) in [5, 5.41) is 2.53. The van der Waals surface area contributed by atoms with Crippen molar-refractivity contribution in [3.8, 4) is 11.5 Å². The van der Waals surface area contributed by atoms with Gasteiger partial charge in [-0.15, -0.1) is 0 Å². The molecule has 3 aromatic rings. The fourth-order valence-corrected chi connectivity index (χ4v) is 8.72. The van der Waals surface area contributed by atoms with Gasteiger partial charge in [-0.3, -0.25) is 0 Å². The molecule has 0 aliphatic rings. The first-order valence-electron chi connectivity index (χ1n) is 11.1. The van der Waals surface area contributed by atoms with Gasteiger partial charge in [0.05, 0.1) is 13.2 Å². The molecule has 0 amide bonds. The Morgan fingerprint density at radius 3 is 1.75 bits per heavy atom. The van der Waals surface area contributed by atoms with Gasteiger partial charge in [0, 0.05) is 0 Å². The van der Waals surface area contributed by atoms with Crippen molar-refractivity contribution >= 4 is 18.7 Å². The van der Waals surface area contributed by atoms with Crippen molar-refractivity contribution in [1.29, 1.82) is 0 Å². The summed E-state index contributed by atoms with van der Waals surface area (Å²) in [7, 11) is -0.894. The van der Waals surface area contributed by atoms with Crippen LogP contribution in [0.15, 0.2) is 97.1 Å². The van der Waals surface area contributed by atoms with E-state index in [2.05, 4.69) is 94.4 Å². The van der Waals surface area contributed by atoms with Crippen molar-refractivity contribution in [1.82, 2.24) is 0 Å². The Hall–Kier alpha value is -2.82. The third kappa shape index (κ3) is 5.50. The molecule has 0 N–H and O–H groups in total. The van der Waals surface area contributed by atoms with E-state index < -0.39 is 8.32 Å². The van der Waals surface area contributed by atoms with Gasteiger partial charge in [-0.2, -0.15) is 0 Å². The molecule has 0 aliphatic carbocycles. The Morgan fingerprint density at radius 2 is 1.28 bits per heavy atom. The molecular formula is C28H34O3Si. The van der Waals surface area contributed by atoms with Crippen LogP contribution in [0.1, 0.15) is 27.7 Å². The van der Waals surface area contributed by atoms with Crippen LogP contribution >= 0.6 is 0 Å². The standard InChI is InChI=1S/C28H34O3Si/c1-23(13-12-22-30-25-20-18-24(29-5)19-21-25)31-32(28(2,3)4,26-14-8-6-9-15-26)27-16-10-7-11-17-27/h6-21,23H,22H2,1-5H3/b13-12+/t23-/m0/s1. The molecular weight excluding hydrogens is 412 g/mol. The molecule has 0 heterocycles. The van der Waals surface area contributed by atoms with Gasteiger partial charge < -0.3 is 13.9 Å². The highest BCUT2D eigenvalue weighted by atomic mass is 28.4. The zero-order valence-corrected chi connectivity index (χ0v) is 20.7. The number of benzene rings is 3. The zero-order chi connectivity index (χ0) is 23.0. The van der Waals surface area contributed by atoms with Crippen LogP contribution in [-0.2, 0) is 4.43 Å². The van der Waals surface area contributed by atoms with Crippen molar-refractivity contribution in [2.45, 2.75) is 38.8 Å². The molecule has 32 heavy (non-hydrogen) atoms. The lowest BCUT2D eigenvalue weighted by atomic mass is 10.2. The molecule has 168 valence electrons. The van der Waals surface area contributed by atoms with Gasteiger partial charge >= 0.3 is 0 Å². The lowest BCUT2D eigenvalue weighted by Crippen LogP contribution is -2.67. The Bertz CT molecular complexity index is 937. The molecule has 3 rings (SSSR count). The molecule has 4 heteroatoms. The van der Waals surface area contributed by atoms with Crippen molar-refractivity contribution in [2.75, 3.05) is 13.7 Å². The average molecular weight is 447 g/mol. The van der Waals surface area contributed by atoms with E-state index in [9.17, 15) is 0 Å². The second-order valence-electron chi connectivity index (χ2n) is 8.90. The van der Waals surface area contributed by atoms with E-state index in [0.29, 0.717) is 6.61 Å². The van der Waals surface area contributed by atoms with Crippen LogP contribution in [0.2, 0.25) is 5.04 Å². The summed E-state index contributed by atoms with van der Waals surface area (Å²) in [6.07, 6.45) is 4.08. The summed E-state index contributed by atoms with van der Waals surface area (Å²) < 4.78 is 18.1. The summed E-state index contributed by atoms with van der Waals surface area (Å²) in [5.74, 6) is 1.64. The lowest BCUT2D eigenvalue weighted by molar-refractivity contribution is 0.250. The first-order chi connectivity index (χ1) is 15.4. The quantitative estimate of drug-likeness (QED) is 0.316. The fraction of sp³-hybridized carbons (Fsp3) is 0.286. The Balaban J connectivity index is 1.80. The van der Waals surface area contributed by atoms with Crippen molar-refractivity contribution in [2.24, 2.45) is 0 Å². The van der Waals surface area contributed by atoms with Crippen LogP contribution in [0.3, 0.4) is 0 Å². The number of hydrogen-bond acceptors (Lipinski definition) is 3. The summed E-state index contributed by atoms with van der Waals surface area (Å²) in [5.41, 5.74) is 0. The van der Waals surface area contributed by atoms with E-state index in [4.69, 9.17) is 13.9 Å². The van der Waals surface area contributed by atoms with E-state index >= 15 is 0 Å². The number of methoxy groups -OCH3 is 1. The minimum atomic E-state index is -2.55. The third-order valence-electron chi connectivity index (χ3n) is 5.59. The van der Waals surface area contributed by atoms with Crippen molar-refractivity contribution in [3.05, 3.63) is 97.1 Å². The van der Waals surface area contributed by atoms with Gasteiger partial charge in [-0.25, -0.2) is 0 Å². The van der Waals surface area contributed by atoms with Gasteiger partial charge in [-0.1, -0.05) is 87.5 Å². The number of rotatable bonds is 9. The molecule has 0 fully saturated rings. The Kier molecular flexibility index (Phi) is 7.94. The first kappa shape index (κ1) is 23.8. The Labute approximate surface area is 193 Å². The van der Waals surface area contributed by atoms with Crippen LogP contribution in [0, 0.1) is 0 Å².